The molecule has 164 valence electrons. The summed E-state index contributed by atoms with van der Waals surface area (Å²) in [6.45, 7) is 4.67. The van der Waals surface area contributed by atoms with Crippen molar-refractivity contribution in [3.63, 3.8) is 0 Å². The van der Waals surface area contributed by atoms with E-state index in [0.717, 1.165) is 28.6 Å². The minimum atomic E-state index is -0.0451. The highest BCUT2D eigenvalue weighted by atomic mass is 32.1. The van der Waals surface area contributed by atoms with Crippen molar-refractivity contribution in [1.82, 2.24) is 10.2 Å². The van der Waals surface area contributed by atoms with E-state index < -0.39 is 0 Å². The number of hydrogen-bond acceptors (Lipinski definition) is 4. The number of hydrogen-bond donors (Lipinski definition) is 1. The van der Waals surface area contributed by atoms with Gasteiger partial charge in [-0.25, -0.2) is 0 Å². The van der Waals surface area contributed by atoms with Gasteiger partial charge in [0, 0.05) is 18.0 Å². The van der Waals surface area contributed by atoms with E-state index in [0.29, 0.717) is 13.2 Å². The first kappa shape index (κ1) is 22.1. The number of carbonyl (C=O) groups excluding carboxylic acids is 1. The summed E-state index contributed by atoms with van der Waals surface area (Å²) in [5, 5.41) is 5.49. The highest BCUT2D eigenvalue weighted by molar-refractivity contribution is 7.13. The second-order valence-corrected chi connectivity index (χ2v) is 9.26. The molecule has 0 saturated heterocycles. The van der Waals surface area contributed by atoms with Gasteiger partial charge in [0.05, 0.1) is 11.4 Å². The van der Waals surface area contributed by atoms with Crippen LogP contribution in [0, 0.1) is 6.92 Å². The van der Waals surface area contributed by atoms with E-state index in [-0.39, 0.29) is 5.91 Å². The molecule has 4 aromatic rings. The Morgan fingerprint density at radius 3 is 2.50 bits per heavy atom. The van der Waals surface area contributed by atoms with E-state index in [2.05, 4.69) is 71.9 Å². The van der Waals surface area contributed by atoms with Crippen molar-refractivity contribution in [2.75, 3.05) is 20.2 Å². The Bertz CT molecular complexity index is 1180. The summed E-state index contributed by atoms with van der Waals surface area (Å²) in [7, 11) is 2.14. The summed E-state index contributed by atoms with van der Waals surface area (Å²) in [4.78, 5) is 16.2. The number of nitrogens with one attached hydrogen (secondary N) is 1. The number of nitrogens with zero attached hydrogens (tertiary/aromatic N) is 1. The van der Waals surface area contributed by atoms with Crippen LogP contribution < -0.4 is 10.1 Å². The number of ether oxygens (including phenoxy) is 1. The highest BCUT2D eigenvalue weighted by Gasteiger charge is 2.08. The maximum atomic E-state index is 12.1. The van der Waals surface area contributed by atoms with Crippen molar-refractivity contribution in [3.8, 4) is 5.75 Å². The van der Waals surface area contributed by atoms with Gasteiger partial charge < -0.3 is 10.1 Å². The summed E-state index contributed by atoms with van der Waals surface area (Å²) < 4.78 is 5.78. The van der Waals surface area contributed by atoms with Gasteiger partial charge in [0.15, 0.2) is 0 Å². The van der Waals surface area contributed by atoms with Gasteiger partial charge in [-0.15, -0.1) is 11.3 Å². The van der Waals surface area contributed by atoms with Gasteiger partial charge in [0.25, 0.3) is 5.91 Å². The van der Waals surface area contributed by atoms with Crippen LogP contribution in [0.15, 0.2) is 78.9 Å². The van der Waals surface area contributed by atoms with Crippen LogP contribution in [0.25, 0.3) is 10.8 Å². The molecule has 1 amide bonds. The highest BCUT2D eigenvalue weighted by Crippen LogP contribution is 2.21. The standard InChI is InChI=1S/C27H28N2O2S/c1-20-10-15-26(32-20)27(30)28-16-17-31-24-13-11-21(12-14-24)18-29(2)19-23-8-5-7-22-6-3-4-9-25(22)23/h3-15H,16-19H2,1-2H3,(H,28,30). The van der Waals surface area contributed by atoms with Crippen LogP contribution in [0.3, 0.4) is 0 Å². The van der Waals surface area contributed by atoms with E-state index in [1.54, 1.807) is 0 Å². The Hall–Kier alpha value is -3.15. The summed E-state index contributed by atoms with van der Waals surface area (Å²) >= 11 is 1.50. The fraction of sp³-hybridized carbons (Fsp3) is 0.222. The average molecular weight is 445 g/mol. The molecule has 0 aliphatic carbocycles. The lowest BCUT2D eigenvalue weighted by Gasteiger charge is -2.18. The normalized spacial score (nSPS) is 11.1. The summed E-state index contributed by atoms with van der Waals surface area (Å²) in [6.07, 6.45) is 0. The Morgan fingerprint density at radius 2 is 1.72 bits per heavy atom. The van der Waals surface area contributed by atoms with Gasteiger partial charge in [-0.3, -0.25) is 9.69 Å². The molecule has 0 atom stereocenters. The first-order valence-electron chi connectivity index (χ1n) is 10.8. The van der Waals surface area contributed by atoms with Crippen molar-refractivity contribution < 1.29 is 9.53 Å². The third kappa shape index (κ3) is 5.75. The number of thiophene rings is 1. The topological polar surface area (TPSA) is 41.6 Å². The largest absolute Gasteiger partial charge is 0.492 e. The molecular formula is C27H28N2O2S. The molecule has 0 radical (unpaired) electrons. The molecule has 4 nitrogen and oxygen atoms in total. The zero-order valence-electron chi connectivity index (χ0n) is 18.5. The molecule has 0 fully saturated rings. The SMILES string of the molecule is Cc1ccc(C(=O)NCCOc2ccc(CN(C)Cc3cccc4ccccc34)cc2)s1. The zero-order chi connectivity index (χ0) is 22.3. The number of fused-ring (bicyclic) bond motifs is 1. The van der Waals surface area contributed by atoms with Crippen molar-refractivity contribution in [3.05, 3.63) is 99.7 Å². The van der Waals surface area contributed by atoms with Gasteiger partial charge >= 0.3 is 0 Å². The second kappa shape index (κ2) is 10.4. The molecule has 4 rings (SSSR count). The summed E-state index contributed by atoms with van der Waals surface area (Å²) in [6, 6.07) is 27.0. The van der Waals surface area contributed by atoms with Gasteiger partial charge in [-0.1, -0.05) is 54.6 Å². The van der Waals surface area contributed by atoms with Crippen molar-refractivity contribution >= 4 is 28.0 Å². The third-order valence-corrected chi connectivity index (χ3v) is 6.32. The predicted molar refractivity (Wildman–Crippen MR) is 132 cm³/mol. The minimum absolute atomic E-state index is 0.0451. The number of aryl methyl sites for hydroxylation is 1. The van der Waals surface area contributed by atoms with Crippen LogP contribution in [0.2, 0.25) is 0 Å². The molecule has 0 aliphatic heterocycles. The molecule has 1 N–H and O–H groups in total. The van der Waals surface area contributed by atoms with Crippen LogP contribution in [-0.4, -0.2) is 31.0 Å². The molecule has 1 heterocycles. The lowest BCUT2D eigenvalue weighted by molar-refractivity contribution is 0.0951. The van der Waals surface area contributed by atoms with E-state index in [1.165, 1.54) is 33.2 Å². The number of benzene rings is 3. The molecule has 0 aliphatic rings. The van der Waals surface area contributed by atoms with Crippen LogP contribution in [0.4, 0.5) is 0 Å². The smallest absolute Gasteiger partial charge is 0.261 e. The van der Waals surface area contributed by atoms with Crippen LogP contribution in [0.5, 0.6) is 5.75 Å². The maximum absolute atomic E-state index is 12.1. The number of carbonyl (C=O) groups is 1. The molecule has 0 bridgehead atoms. The molecule has 1 aromatic heterocycles. The van der Waals surface area contributed by atoms with Crippen LogP contribution >= 0.6 is 11.3 Å². The summed E-state index contributed by atoms with van der Waals surface area (Å²) in [5.41, 5.74) is 2.58. The Kier molecular flexibility index (Phi) is 7.20. The Morgan fingerprint density at radius 1 is 0.938 bits per heavy atom. The fourth-order valence-electron chi connectivity index (χ4n) is 3.76. The quantitative estimate of drug-likeness (QED) is 0.339. The van der Waals surface area contributed by atoms with Gasteiger partial charge in [0.2, 0.25) is 0 Å². The van der Waals surface area contributed by atoms with E-state index >= 15 is 0 Å². The number of amides is 1. The van der Waals surface area contributed by atoms with Gasteiger partial charge in [-0.05, 0) is 60.1 Å². The molecule has 0 unspecified atom stereocenters. The molecule has 32 heavy (non-hydrogen) atoms. The average Bonchev–Trinajstić information content (AvgIpc) is 3.24. The van der Waals surface area contributed by atoms with Crippen LogP contribution in [0.1, 0.15) is 25.7 Å². The molecule has 0 saturated carbocycles. The Labute approximate surface area is 193 Å². The zero-order valence-corrected chi connectivity index (χ0v) is 19.3. The Balaban J connectivity index is 1.24. The summed E-state index contributed by atoms with van der Waals surface area (Å²) in [5.74, 6) is 0.767. The van der Waals surface area contributed by atoms with Crippen molar-refractivity contribution in [2.24, 2.45) is 0 Å². The predicted octanol–water partition coefficient (Wildman–Crippen LogP) is 5.65. The van der Waals surface area contributed by atoms with Crippen molar-refractivity contribution in [2.45, 2.75) is 20.0 Å². The van der Waals surface area contributed by atoms with E-state index in [1.807, 2.05) is 31.2 Å². The van der Waals surface area contributed by atoms with E-state index in [9.17, 15) is 4.79 Å². The molecule has 3 aromatic carbocycles. The second-order valence-electron chi connectivity index (χ2n) is 7.97. The minimum Gasteiger partial charge on any atom is -0.492 e. The van der Waals surface area contributed by atoms with Gasteiger partial charge in [-0.2, -0.15) is 0 Å². The first-order valence-corrected chi connectivity index (χ1v) is 11.6. The van der Waals surface area contributed by atoms with Gasteiger partial charge in [0.1, 0.15) is 12.4 Å². The fourth-order valence-corrected chi connectivity index (χ4v) is 4.54. The first-order chi connectivity index (χ1) is 15.6. The molecular weight excluding hydrogens is 416 g/mol. The van der Waals surface area contributed by atoms with Crippen LogP contribution in [-0.2, 0) is 13.1 Å². The maximum Gasteiger partial charge on any atom is 0.261 e. The molecule has 5 heteroatoms. The van der Waals surface area contributed by atoms with Crippen molar-refractivity contribution in [1.29, 1.82) is 0 Å². The van der Waals surface area contributed by atoms with E-state index in [4.69, 9.17) is 4.74 Å². The third-order valence-electron chi connectivity index (χ3n) is 5.32. The lowest BCUT2D eigenvalue weighted by atomic mass is 10.0. The lowest BCUT2D eigenvalue weighted by Crippen LogP contribution is -2.27. The monoisotopic (exact) mass is 444 g/mol. The number of rotatable bonds is 9. The molecule has 0 spiro atoms.